The van der Waals surface area contributed by atoms with Crippen LogP contribution in [0.5, 0.6) is 0 Å². The molecule has 1 saturated carbocycles. The van der Waals surface area contributed by atoms with Crippen LogP contribution in [-0.2, 0) is 21.0 Å². The van der Waals surface area contributed by atoms with Crippen molar-refractivity contribution in [3.63, 3.8) is 0 Å². The molecule has 1 aliphatic carbocycles. The van der Waals surface area contributed by atoms with E-state index in [1.165, 1.54) is 12.5 Å². The monoisotopic (exact) mass is 494 g/mol. The topological polar surface area (TPSA) is 175 Å². The SMILES string of the molecule is Cc1cc(Cn2ccc(C(=O)c3cncnc3N[C@@H]3C[C@H](COS(N)(=O)=O)[C@@H](O)[C@@H]3F)c2)no1. The van der Waals surface area contributed by atoms with Gasteiger partial charge in [0.2, 0.25) is 0 Å². The molecular formula is C20H23FN6O6S. The molecule has 34 heavy (non-hydrogen) atoms. The predicted octanol–water partition coefficient (Wildman–Crippen LogP) is 0.573. The van der Waals surface area contributed by atoms with Gasteiger partial charge in [-0.3, -0.25) is 8.98 Å². The highest BCUT2D eigenvalue weighted by Gasteiger charge is 2.44. The van der Waals surface area contributed by atoms with Crippen LogP contribution in [0.1, 0.15) is 33.8 Å². The van der Waals surface area contributed by atoms with Crippen LogP contribution in [0.25, 0.3) is 0 Å². The normalized spacial score (nSPS) is 22.7. The van der Waals surface area contributed by atoms with Gasteiger partial charge >= 0.3 is 10.3 Å². The van der Waals surface area contributed by atoms with E-state index in [2.05, 4.69) is 24.6 Å². The molecule has 182 valence electrons. The number of hydrogen-bond acceptors (Lipinski definition) is 10. The lowest BCUT2D eigenvalue weighted by molar-refractivity contribution is 0.0501. The summed E-state index contributed by atoms with van der Waals surface area (Å²) in [5, 5.41) is 21.7. The highest BCUT2D eigenvalue weighted by Crippen LogP contribution is 2.32. The Hall–Kier alpha value is -3.20. The van der Waals surface area contributed by atoms with Crippen LogP contribution in [0.15, 0.2) is 41.6 Å². The minimum Gasteiger partial charge on any atom is -0.390 e. The van der Waals surface area contributed by atoms with E-state index in [0.717, 1.165) is 0 Å². The van der Waals surface area contributed by atoms with Gasteiger partial charge in [0.25, 0.3) is 0 Å². The summed E-state index contributed by atoms with van der Waals surface area (Å²) < 4.78 is 48.0. The van der Waals surface area contributed by atoms with Gasteiger partial charge in [0.05, 0.1) is 30.9 Å². The summed E-state index contributed by atoms with van der Waals surface area (Å²) >= 11 is 0. The number of aryl methyl sites for hydroxylation is 1. The van der Waals surface area contributed by atoms with Crippen molar-refractivity contribution in [2.75, 3.05) is 11.9 Å². The number of carbonyl (C=O) groups is 1. The maximum atomic E-state index is 14.7. The van der Waals surface area contributed by atoms with Crippen molar-refractivity contribution in [3.05, 3.63) is 59.6 Å². The van der Waals surface area contributed by atoms with Gasteiger partial charge in [0.15, 0.2) is 5.78 Å². The van der Waals surface area contributed by atoms with Crippen molar-refractivity contribution in [3.8, 4) is 0 Å². The third-order valence-electron chi connectivity index (χ3n) is 5.51. The molecule has 14 heteroatoms. The number of rotatable bonds is 9. The van der Waals surface area contributed by atoms with Crippen LogP contribution in [0.2, 0.25) is 0 Å². The molecule has 3 aromatic heterocycles. The first-order valence-electron chi connectivity index (χ1n) is 10.3. The molecular weight excluding hydrogens is 471 g/mol. The van der Waals surface area contributed by atoms with Crippen LogP contribution < -0.4 is 10.5 Å². The average molecular weight is 495 g/mol. The van der Waals surface area contributed by atoms with E-state index in [1.54, 1.807) is 36.0 Å². The summed E-state index contributed by atoms with van der Waals surface area (Å²) in [5.74, 6) is -0.438. The molecule has 0 unspecified atom stereocenters. The zero-order valence-electron chi connectivity index (χ0n) is 18.0. The van der Waals surface area contributed by atoms with Crippen molar-refractivity contribution in [2.24, 2.45) is 11.1 Å². The van der Waals surface area contributed by atoms with E-state index < -0.39 is 41.1 Å². The Morgan fingerprint density at radius 2 is 2.26 bits per heavy atom. The third-order valence-corrected chi connectivity index (χ3v) is 5.97. The molecule has 12 nitrogen and oxygen atoms in total. The van der Waals surface area contributed by atoms with Gasteiger partial charge in [-0.2, -0.15) is 8.42 Å². The minimum absolute atomic E-state index is 0.0307. The van der Waals surface area contributed by atoms with Crippen LogP contribution in [0.4, 0.5) is 10.2 Å². The molecule has 0 bridgehead atoms. The second-order valence-electron chi connectivity index (χ2n) is 8.07. The lowest BCUT2D eigenvalue weighted by Gasteiger charge is -2.18. The van der Waals surface area contributed by atoms with E-state index in [-0.39, 0.29) is 23.6 Å². The number of anilines is 1. The second-order valence-corrected chi connectivity index (χ2v) is 9.30. The fraction of sp³-hybridized carbons (Fsp3) is 0.400. The molecule has 0 aliphatic heterocycles. The van der Waals surface area contributed by atoms with Crippen LogP contribution in [0.3, 0.4) is 0 Å². The largest absolute Gasteiger partial charge is 0.390 e. The minimum atomic E-state index is -4.22. The number of aliphatic hydroxyl groups excluding tert-OH is 1. The molecule has 1 aliphatic rings. The summed E-state index contributed by atoms with van der Waals surface area (Å²) in [6, 6.07) is 2.48. The van der Waals surface area contributed by atoms with Gasteiger partial charge in [-0.15, -0.1) is 0 Å². The van der Waals surface area contributed by atoms with E-state index in [4.69, 9.17) is 9.66 Å². The van der Waals surface area contributed by atoms with Gasteiger partial charge < -0.3 is 19.5 Å². The van der Waals surface area contributed by atoms with Crippen molar-refractivity contribution in [1.82, 2.24) is 19.7 Å². The van der Waals surface area contributed by atoms with Crippen molar-refractivity contribution in [1.29, 1.82) is 0 Å². The Bertz CT molecular complexity index is 1280. The van der Waals surface area contributed by atoms with Crippen molar-refractivity contribution >= 4 is 21.9 Å². The molecule has 0 radical (unpaired) electrons. The number of halogens is 1. The molecule has 0 spiro atoms. The van der Waals surface area contributed by atoms with E-state index in [9.17, 15) is 22.7 Å². The van der Waals surface area contributed by atoms with Crippen molar-refractivity contribution < 1.29 is 31.4 Å². The fourth-order valence-corrected chi connectivity index (χ4v) is 4.24. The first-order valence-corrected chi connectivity index (χ1v) is 11.8. The average Bonchev–Trinajstić information content (AvgIpc) is 3.48. The highest BCUT2D eigenvalue weighted by molar-refractivity contribution is 7.84. The van der Waals surface area contributed by atoms with Crippen LogP contribution in [0, 0.1) is 12.8 Å². The molecule has 4 atom stereocenters. The van der Waals surface area contributed by atoms with E-state index >= 15 is 0 Å². The van der Waals surface area contributed by atoms with Crippen LogP contribution >= 0.6 is 0 Å². The summed E-state index contributed by atoms with van der Waals surface area (Å²) in [4.78, 5) is 21.1. The van der Waals surface area contributed by atoms with E-state index in [0.29, 0.717) is 23.6 Å². The number of nitrogens with zero attached hydrogens (tertiary/aromatic N) is 4. The van der Waals surface area contributed by atoms with Crippen molar-refractivity contribution in [2.45, 2.75) is 38.2 Å². The molecule has 0 saturated heterocycles. The number of alkyl halides is 1. The number of nitrogens with two attached hydrogens (primary N) is 1. The first-order chi connectivity index (χ1) is 16.1. The maximum absolute atomic E-state index is 14.7. The Morgan fingerprint density at radius 1 is 1.47 bits per heavy atom. The molecule has 0 aromatic carbocycles. The zero-order chi connectivity index (χ0) is 24.5. The van der Waals surface area contributed by atoms with Gasteiger partial charge in [-0.05, 0) is 19.4 Å². The number of hydrogen-bond donors (Lipinski definition) is 3. The smallest absolute Gasteiger partial charge is 0.333 e. The van der Waals surface area contributed by atoms with Gasteiger partial charge in [-0.25, -0.2) is 19.5 Å². The Kier molecular flexibility index (Phi) is 6.74. The van der Waals surface area contributed by atoms with Gasteiger partial charge in [0.1, 0.15) is 29.8 Å². The number of nitrogens with one attached hydrogen (secondary N) is 1. The first kappa shape index (κ1) is 23.9. The zero-order valence-corrected chi connectivity index (χ0v) is 18.9. The number of aliphatic hydroxyl groups is 1. The second kappa shape index (κ2) is 9.58. The number of ketones is 1. The Morgan fingerprint density at radius 3 is 2.97 bits per heavy atom. The Balaban J connectivity index is 1.47. The molecule has 4 N–H and O–H groups in total. The number of aromatic nitrogens is 4. The summed E-state index contributed by atoms with van der Waals surface area (Å²) in [6.07, 6.45) is 2.68. The van der Waals surface area contributed by atoms with E-state index in [1.807, 2.05) is 0 Å². The summed E-state index contributed by atoms with van der Waals surface area (Å²) in [6.45, 7) is 1.73. The lowest BCUT2D eigenvalue weighted by Crippen LogP contribution is -2.33. The molecule has 3 aromatic rings. The standard InChI is InChI=1S/C20H23FN6O6S/c1-11-4-14(26-33-11)8-27-3-2-12(7-27)18(28)15-6-23-10-24-20(15)25-16-5-13(19(29)17(16)21)9-32-34(22,30)31/h2-4,6-7,10,13,16-17,19,29H,5,8-9H2,1H3,(H2,22,30,31)(H,23,24,25)/t13-,16-,17-,19-/m1/s1. The number of carbonyl (C=O) groups excluding carboxylic acids is 1. The summed E-state index contributed by atoms with van der Waals surface area (Å²) in [5.41, 5.74) is 1.18. The highest BCUT2D eigenvalue weighted by atomic mass is 32.2. The van der Waals surface area contributed by atoms with Gasteiger partial charge in [-0.1, -0.05) is 5.16 Å². The third kappa shape index (κ3) is 5.47. The predicted molar refractivity (Wildman–Crippen MR) is 116 cm³/mol. The molecule has 1 fully saturated rings. The lowest BCUT2D eigenvalue weighted by atomic mass is 10.1. The van der Waals surface area contributed by atoms with Crippen LogP contribution in [-0.4, -0.2) is 63.9 Å². The molecule has 3 heterocycles. The molecule has 0 amide bonds. The Labute approximate surface area is 194 Å². The fourth-order valence-electron chi connectivity index (χ4n) is 3.88. The maximum Gasteiger partial charge on any atom is 0.333 e. The van der Waals surface area contributed by atoms with Gasteiger partial charge in [0, 0.05) is 36.1 Å². The molecule has 4 rings (SSSR count). The summed E-state index contributed by atoms with van der Waals surface area (Å²) in [7, 11) is -4.22. The quantitative estimate of drug-likeness (QED) is 0.357.